The minimum atomic E-state index is -0.716. The van der Waals surface area contributed by atoms with Gasteiger partial charge in [-0.15, -0.1) is 5.10 Å². The Labute approximate surface area is 224 Å². The Balaban J connectivity index is 1.43. The van der Waals surface area contributed by atoms with Gasteiger partial charge >= 0.3 is 0 Å². The summed E-state index contributed by atoms with van der Waals surface area (Å²) in [5.41, 5.74) is 2.19. The van der Waals surface area contributed by atoms with E-state index in [-0.39, 0.29) is 22.7 Å². The van der Waals surface area contributed by atoms with Crippen molar-refractivity contribution in [3.63, 3.8) is 0 Å². The molecule has 0 fully saturated rings. The van der Waals surface area contributed by atoms with Crippen LogP contribution in [0, 0.1) is 17.0 Å². The molecule has 194 valence electrons. The summed E-state index contributed by atoms with van der Waals surface area (Å²) in [5.74, 6) is -1.33. The van der Waals surface area contributed by atoms with Crippen LogP contribution >= 0.6 is 11.6 Å². The van der Waals surface area contributed by atoms with Crippen molar-refractivity contribution in [1.82, 2.24) is 44.8 Å². The predicted molar refractivity (Wildman–Crippen MR) is 134 cm³/mol. The maximum Gasteiger partial charge on any atom is 0.219 e. The summed E-state index contributed by atoms with van der Waals surface area (Å²) >= 11 is 6.07. The molecule has 5 heterocycles. The zero-order chi connectivity index (χ0) is 26.9. The first-order chi connectivity index (χ1) is 19.0. The van der Waals surface area contributed by atoms with Gasteiger partial charge in [0.1, 0.15) is 6.33 Å². The average molecular weight is 547 g/mol. The number of halogens is 3. The molecule has 5 aromatic heterocycles. The zero-order valence-corrected chi connectivity index (χ0v) is 20.6. The van der Waals surface area contributed by atoms with Crippen LogP contribution in [0.1, 0.15) is 11.7 Å². The number of rotatable bonds is 7. The maximum atomic E-state index is 15.3. The molecule has 0 bridgehead atoms. The second-order valence-electron chi connectivity index (χ2n) is 8.50. The van der Waals surface area contributed by atoms with E-state index >= 15 is 4.39 Å². The molecule has 0 saturated carbocycles. The fourth-order valence-corrected chi connectivity index (χ4v) is 4.47. The summed E-state index contributed by atoms with van der Waals surface area (Å²) in [5, 5.41) is 33.1. The van der Waals surface area contributed by atoms with Crippen molar-refractivity contribution in [1.29, 1.82) is 0 Å². The normalized spacial score (nSPS) is 12.1. The fourth-order valence-electron chi connectivity index (χ4n) is 4.31. The van der Waals surface area contributed by atoms with Gasteiger partial charge in [-0.3, -0.25) is 9.36 Å². The van der Waals surface area contributed by atoms with Crippen LogP contribution in [0.2, 0.25) is 5.02 Å². The Morgan fingerprint density at radius 2 is 1.92 bits per heavy atom. The third-order valence-electron chi connectivity index (χ3n) is 6.14. The zero-order valence-electron chi connectivity index (χ0n) is 19.9. The number of pyridine rings is 2. The number of nitrogens with zero attached hydrogens (tertiary/aromatic N) is 10. The molecule has 0 aliphatic rings. The van der Waals surface area contributed by atoms with Crippen LogP contribution in [0.25, 0.3) is 27.9 Å². The second-order valence-corrected chi connectivity index (χ2v) is 8.91. The smallest absolute Gasteiger partial charge is 0.219 e. The van der Waals surface area contributed by atoms with Crippen LogP contribution in [0.15, 0.2) is 86.0 Å². The first-order valence-corrected chi connectivity index (χ1v) is 11.9. The molecule has 1 atom stereocenters. The summed E-state index contributed by atoms with van der Waals surface area (Å²) in [4.78, 5) is 3.59. The number of benzene rings is 1. The van der Waals surface area contributed by atoms with Crippen molar-refractivity contribution in [3.8, 4) is 27.9 Å². The Bertz CT molecular complexity index is 1760. The van der Waals surface area contributed by atoms with Gasteiger partial charge in [-0.2, -0.15) is 24.0 Å². The lowest BCUT2D eigenvalue weighted by Gasteiger charge is -2.18. The van der Waals surface area contributed by atoms with Crippen LogP contribution in [0.5, 0.6) is 0 Å². The van der Waals surface area contributed by atoms with E-state index in [1.807, 2.05) is 0 Å². The average Bonchev–Trinajstić information content (AvgIpc) is 3.72. The number of hydrogen-bond acceptors (Lipinski definition) is 7. The van der Waals surface area contributed by atoms with Gasteiger partial charge in [0.05, 0.1) is 34.6 Å². The lowest BCUT2D eigenvalue weighted by molar-refractivity contribution is -0.615. The molecule has 6 aromatic rings. The van der Waals surface area contributed by atoms with Gasteiger partial charge in [-0.1, -0.05) is 11.6 Å². The molecule has 0 saturated heterocycles. The monoisotopic (exact) mass is 546 g/mol. The standard InChI is InChI=1S/C25H17ClF2N10O/c26-19-3-5-21(37-15-30-33-34-37)24(25(19)28)17-2-4-20(38(39)13-17)22(14-35-9-1-7-31-35)36-12-18(11-32-36)16-6-8-29-23(27)10-16/h1-13,15,22H,14H2. The number of hydrogen-bond donors (Lipinski definition) is 0. The van der Waals surface area contributed by atoms with E-state index < -0.39 is 17.8 Å². The Morgan fingerprint density at radius 3 is 2.67 bits per heavy atom. The molecule has 1 unspecified atom stereocenters. The van der Waals surface area contributed by atoms with Crippen molar-refractivity contribution in [2.45, 2.75) is 12.6 Å². The van der Waals surface area contributed by atoms with Crippen molar-refractivity contribution in [2.75, 3.05) is 0 Å². The largest absolute Gasteiger partial charge is 0.618 e. The molecule has 0 spiro atoms. The number of tetrazole rings is 1. The van der Waals surface area contributed by atoms with Gasteiger partial charge in [-0.05, 0) is 46.3 Å². The highest BCUT2D eigenvalue weighted by molar-refractivity contribution is 6.31. The van der Waals surface area contributed by atoms with E-state index in [2.05, 4.69) is 30.7 Å². The molecule has 0 amide bonds. The van der Waals surface area contributed by atoms with Crippen LogP contribution in [-0.2, 0) is 6.54 Å². The highest BCUT2D eigenvalue weighted by Gasteiger charge is 2.26. The Hall–Kier alpha value is -5.04. The summed E-state index contributed by atoms with van der Waals surface area (Å²) < 4.78 is 34.2. The van der Waals surface area contributed by atoms with E-state index in [1.54, 1.807) is 64.5 Å². The molecule has 0 aliphatic heterocycles. The predicted octanol–water partition coefficient (Wildman–Crippen LogP) is 3.64. The van der Waals surface area contributed by atoms with Crippen molar-refractivity contribution >= 4 is 11.6 Å². The van der Waals surface area contributed by atoms with E-state index in [0.29, 0.717) is 27.2 Å². The van der Waals surface area contributed by atoms with E-state index in [1.165, 1.54) is 35.5 Å². The molecule has 0 radical (unpaired) electrons. The number of aromatic nitrogens is 10. The summed E-state index contributed by atoms with van der Waals surface area (Å²) in [6.45, 7) is 0.266. The molecule has 11 nitrogen and oxygen atoms in total. The summed E-state index contributed by atoms with van der Waals surface area (Å²) in [6, 6.07) is 10.3. The Morgan fingerprint density at radius 1 is 1.03 bits per heavy atom. The summed E-state index contributed by atoms with van der Waals surface area (Å²) in [6.07, 6.45) is 10.6. The van der Waals surface area contributed by atoms with E-state index in [9.17, 15) is 9.60 Å². The van der Waals surface area contributed by atoms with Gasteiger partial charge in [0, 0.05) is 42.5 Å². The van der Waals surface area contributed by atoms with Crippen molar-refractivity contribution < 1.29 is 13.5 Å². The van der Waals surface area contributed by atoms with Crippen LogP contribution in [0.3, 0.4) is 0 Å². The fraction of sp³-hybridized carbons (Fsp3) is 0.0800. The van der Waals surface area contributed by atoms with Crippen molar-refractivity contribution in [3.05, 3.63) is 114 Å². The third kappa shape index (κ3) is 4.70. The van der Waals surface area contributed by atoms with Crippen LogP contribution in [-0.4, -0.2) is 44.8 Å². The van der Waals surface area contributed by atoms with Crippen molar-refractivity contribution in [2.24, 2.45) is 0 Å². The molecular formula is C25H17ClF2N10O. The quantitative estimate of drug-likeness (QED) is 0.170. The molecule has 14 heteroatoms. The molecule has 0 aliphatic carbocycles. The van der Waals surface area contributed by atoms with Gasteiger partial charge in [0.2, 0.25) is 11.6 Å². The van der Waals surface area contributed by atoms with Gasteiger partial charge in [0.15, 0.2) is 18.1 Å². The third-order valence-corrected chi connectivity index (χ3v) is 6.44. The summed E-state index contributed by atoms with van der Waals surface area (Å²) in [7, 11) is 0. The molecular weight excluding hydrogens is 530 g/mol. The molecule has 1 aromatic carbocycles. The van der Waals surface area contributed by atoms with E-state index in [4.69, 9.17) is 11.6 Å². The van der Waals surface area contributed by atoms with Crippen LogP contribution < -0.4 is 4.73 Å². The minimum Gasteiger partial charge on any atom is -0.618 e. The molecule has 0 N–H and O–H groups in total. The first-order valence-electron chi connectivity index (χ1n) is 11.6. The first kappa shape index (κ1) is 24.3. The SMILES string of the molecule is [O-][n+]1cc(-c2c(-n3cnnn3)ccc(Cl)c2F)ccc1C(Cn1cccn1)n1cc(-c2ccnc(F)c2)cn1. The highest BCUT2D eigenvalue weighted by Crippen LogP contribution is 2.33. The second kappa shape index (κ2) is 10.0. The lowest BCUT2D eigenvalue weighted by atomic mass is 10.0. The molecule has 39 heavy (non-hydrogen) atoms. The van der Waals surface area contributed by atoms with Gasteiger partial charge in [-0.25, -0.2) is 9.37 Å². The maximum absolute atomic E-state index is 15.3. The van der Waals surface area contributed by atoms with Gasteiger partial charge < -0.3 is 5.21 Å². The lowest BCUT2D eigenvalue weighted by Crippen LogP contribution is -2.37. The van der Waals surface area contributed by atoms with Gasteiger partial charge in [0.25, 0.3) is 0 Å². The van der Waals surface area contributed by atoms with E-state index in [0.717, 1.165) is 0 Å². The highest BCUT2D eigenvalue weighted by atomic mass is 35.5. The minimum absolute atomic E-state index is 0.0654. The van der Waals surface area contributed by atoms with Crippen LogP contribution in [0.4, 0.5) is 8.78 Å². The topological polar surface area (TPSA) is 119 Å². The Kier molecular flexibility index (Phi) is 6.25. The molecule has 6 rings (SSSR count).